The van der Waals surface area contributed by atoms with Crippen LogP contribution in [0.25, 0.3) is 11.3 Å². The summed E-state index contributed by atoms with van der Waals surface area (Å²) in [6, 6.07) is 8.63. The van der Waals surface area contributed by atoms with Crippen molar-refractivity contribution in [1.29, 1.82) is 0 Å². The molecule has 1 fully saturated rings. The van der Waals surface area contributed by atoms with Crippen molar-refractivity contribution in [2.24, 2.45) is 0 Å². The van der Waals surface area contributed by atoms with Gasteiger partial charge in [-0.3, -0.25) is 9.89 Å². The third-order valence-electron chi connectivity index (χ3n) is 4.84. The number of aromatic nitrogens is 2. The summed E-state index contributed by atoms with van der Waals surface area (Å²) in [5.41, 5.74) is 1.54. The molecule has 1 N–H and O–H groups in total. The number of nitrogens with zero attached hydrogens (tertiary/aromatic N) is 2. The van der Waals surface area contributed by atoms with Gasteiger partial charge in [-0.15, -0.1) is 0 Å². The number of hydrogen-bond donors (Lipinski definition) is 1. The smallest absolute Gasteiger partial charge is 0.357 e. The van der Waals surface area contributed by atoms with Gasteiger partial charge in [0.25, 0.3) is 5.91 Å². The Bertz CT molecular complexity index is 1000. The molecule has 10 heteroatoms. The number of amides is 1. The molecule has 1 aliphatic heterocycles. The first kappa shape index (κ1) is 21.5. The summed E-state index contributed by atoms with van der Waals surface area (Å²) < 4.78 is 29.7. The van der Waals surface area contributed by atoms with Gasteiger partial charge in [0, 0.05) is 22.6 Å². The van der Waals surface area contributed by atoms with Crippen molar-refractivity contribution < 1.29 is 22.7 Å². The van der Waals surface area contributed by atoms with Crippen LogP contribution in [0.2, 0.25) is 0 Å². The van der Waals surface area contributed by atoms with Crippen molar-refractivity contribution in [3.63, 3.8) is 0 Å². The molecular formula is C19H22BrN3O5S. The maximum absolute atomic E-state index is 12.7. The van der Waals surface area contributed by atoms with E-state index in [-0.39, 0.29) is 23.2 Å². The molecule has 0 radical (unpaired) electrons. The highest BCUT2D eigenvalue weighted by atomic mass is 79.9. The van der Waals surface area contributed by atoms with Crippen LogP contribution < -0.4 is 0 Å². The van der Waals surface area contributed by atoms with E-state index >= 15 is 0 Å². The molecule has 2 unspecified atom stereocenters. The summed E-state index contributed by atoms with van der Waals surface area (Å²) in [4.78, 5) is 26.6. The van der Waals surface area contributed by atoms with E-state index in [1.165, 1.54) is 11.8 Å². The van der Waals surface area contributed by atoms with Crippen LogP contribution in [0.15, 0.2) is 34.8 Å². The summed E-state index contributed by atoms with van der Waals surface area (Å²) >= 11 is 3.36. The van der Waals surface area contributed by atoms with Crippen molar-refractivity contribution in [1.82, 2.24) is 15.1 Å². The molecular weight excluding hydrogens is 462 g/mol. The zero-order chi connectivity index (χ0) is 21.2. The van der Waals surface area contributed by atoms with Crippen LogP contribution in [-0.2, 0) is 19.4 Å². The van der Waals surface area contributed by atoms with E-state index in [4.69, 9.17) is 4.74 Å². The zero-order valence-electron chi connectivity index (χ0n) is 16.1. The second-order valence-corrected chi connectivity index (χ2v) is 10.0. The summed E-state index contributed by atoms with van der Waals surface area (Å²) in [6.07, 6.45) is -0.634. The minimum atomic E-state index is -3.12. The first-order chi connectivity index (χ1) is 13.7. The van der Waals surface area contributed by atoms with E-state index in [0.717, 1.165) is 10.0 Å². The lowest BCUT2D eigenvalue weighted by atomic mass is 10.1. The Hall–Kier alpha value is -2.20. The Morgan fingerprint density at radius 3 is 2.62 bits per heavy atom. The van der Waals surface area contributed by atoms with Gasteiger partial charge >= 0.3 is 5.97 Å². The van der Waals surface area contributed by atoms with E-state index in [9.17, 15) is 18.0 Å². The number of esters is 1. The van der Waals surface area contributed by atoms with Crippen molar-refractivity contribution >= 4 is 37.6 Å². The second kappa shape index (κ2) is 8.66. The van der Waals surface area contributed by atoms with Crippen molar-refractivity contribution in [2.45, 2.75) is 32.4 Å². The zero-order valence-corrected chi connectivity index (χ0v) is 18.5. The van der Waals surface area contributed by atoms with E-state index < -0.39 is 27.8 Å². The van der Waals surface area contributed by atoms with Crippen LogP contribution in [0.3, 0.4) is 0 Å². The minimum absolute atomic E-state index is 0.0512. The number of H-pyrrole nitrogens is 1. The summed E-state index contributed by atoms with van der Waals surface area (Å²) in [5, 5.41) is 6.75. The van der Waals surface area contributed by atoms with E-state index in [0.29, 0.717) is 18.7 Å². The average Bonchev–Trinajstić information content (AvgIpc) is 3.30. The number of rotatable bonds is 6. The van der Waals surface area contributed by atoms with Gasteiger partial charge in [-0.1, -0.05) is 28.1 Å². The molecule has 0 aliphatic carbocycles. The fourth-order valence-corrected chi connectivity index (χ4v) is 5.31. The molecule has 29 heavy (non-hydrogen) atoms. The number of benzene rings is 1. The quantitative estimate of drug-likeness (QED) is 0.631. The van der Waals surface area contributed by atoms with Crippen LogP contribution in [0.5, 0.6) is 0 Å². The van der Waals surface area contributed by atoms with Gasteiger partial charge in [0.1, 0.15) is 5.69 Å². The molecule has 1 saturated heterocycles. The molecule has 1 aliphatic rings. The maximum Gasteiger partial charge on any atom is 0.357 e. The number of carbonyl (C=O) groups excluding carboxylic acids is 2. The van der Waals surface area contributed by atoms with Gasteiger partial charge in [0.15, 0.2) is 15.9 Å². The van der Waals surface area contributed by atoms with Gasteiger partial charge in [-0.25, -0.2) is 13.2 Å². The van der Waals surface area contributed by atoms with Crippen LogP contribution >= 0.6 is 15.9 Å². The lowest BCUT2D eigenvalue weighted by molar-refractivity contribution is -0.141. The fourth-order valence-electron chi connectivity index (χ4n) is 3.32. The summed E-state index contributed by atoms with van der Waals surface area (Å²) in [7, 11) is -3.12. The molecule has 0 bridgehead atoms. The molecule has 1 aromatic carbocycles. The van der Waals surface area contributed by atoms with Gasteiger partial charge in [0.05, 0.1) is 17.2 Å². The van der Waals surface area contributed by atoms with Crippen LogP contribution in [0.4, 0.5) is 0 Å². The number of carbonyl (C=O) groups is 2. The molecule has 2 aromatic rings. The first-order valence-electron chi connectivity index (χ1n) is 9.23. The predicted octanol–water partition coefficient (Wildman–Crippen LogP) is 2.42. The largest absolute Gasteiger partial charge is 0.448 e. The van der Waals surface area contributed by atoms with Gasteiger partial charge in [-0.2, -0.15) is 5.10 Å². The number of sulfone groups is 1. The Balaban J connectivity index is 1.65. The second-order valence-electron chi connectivity index (χ2n) is 6.90. The highest BCUT2D eigenvalue weighted by Gasteiger charge is 2.36. The number of aromatic amines is 1. The Morgan fingerprint density at radius 2 is 2.03 bits per heavy atom. The van der Waals surface area contributed by atoms with E-state index in [1.54, 1.807) is 13.0 Å². The van der Waals surface area contributed by atoms with Crippen molar-refractivity contribution in [2.75, 3.05) is 18.1 Å². The third kappa shape index (κ3) is 5.05. The topological polar surface area (TPSA) is 109 Å². The molecule has 1 amide bonds. The number of nitrogens with one attached hydrogen (secondary N) is 1. The normalized spacial score (nSPS) is 18.9. The Kier molecular flexibility index (Phi) is 6.42. The van der Waals surface area contributed by atoms with E-state index in [2.05, 4.69) is 26.1 Å². The van der Waals surface area contributed by atoms with Gasteiger partial charge < -0.3 is 9.64 Å². The van der Waals surface area contributed by atoms with Gasteiger partial charge in [-0.05, 0) is 38.5 Å². The standard InChI is InChI=1S/C19H22BrN3O5S/c1-3-23(15-8-9-29(26,27)11-15)18(24)12(2)28-19(25)17-10-16(21-22-17)13-4-6-14(20)7-5-13/h4-7,10,12,15H,3,8-9,11H2,1-2H3,(H,21,22). The van der Waals surface area contributed by atoms with E-state index in [1.807, 2.05) is 24.3 Å². The summed E-state index contributed by atoms with van der Waals surface area (Å²) in [6.45, 7) is 3.60. The lowest BCUT2D eigenvalue weighted by Crippen LogP contribution is -2.46. The third-order valence-corrected chi connectivity index (χ3v) is 7.12. The molecule has 0 spiro atoms. The Morgan fingerprint density at radius 1 is 1.34 bits per heavy atom. The number of likely N-dealkylation sites (N-methyl/N-ethyl adjacent to an activating group) is 1. The highest BCUT2D eigenvalue weighted by molar-refractivity contribution is 9.10. The van der Waals surface area contributed by atoms with Crippen molar-refractivity contribution in [3.05, 3.63) is 40.5 Å². The summed E-state index contributed by atoms with van der Waals surface area (Å²) in [5.74, 6) is -1.08. The molecule has 1 aromatic heterocycles. The molecule has 2 atom stereocenters. The number of ether oxygens (including phenoxy) is 1. The SMILES string of the molecule is CCN(C(=O)C(C)OC(=O)c1cc(-c2ccc(Br)cc2)n[nH]1)C1CCS(=O)(=O)C1. The fraction of sp³-hybridized carbons (Fsp3) is 0.421. The molecule has 156 valence electrons. The molecule has 3 rings (SSSR count). The molecule has 2 heterocycles. The van der Waals surface area contributed by atoms with Crippen LogP contribution in [-0.4, -0.2) is 65.6 Å². The lowest BCUT2D eigenvalue weighted by Gasteiger charge is -2.29. The maximum atomic E-state index is 12.7. The Labute approximate surface area is 177 Å². The molecule has 8 nitrogen and oxygen atoms in total. The monoisotopic (exact) mass is 483 g/mol. The average molecular weight is 484 g/mol. The molecule has 0 saturated carbocycles. The minimum Gasteiger partial charge on any atom is -0.448 e. The number of hydrogen-bond acceptors (Lipinski definition) is 6. The van der Waals surface area contributed by atoms with Crippen LogP contribution in [0.1, 0.15) is 30.8 Å². The van der Waals surface area contributed by atoms with Crippen LogP contribution in [0, 0.1) is 0 Å². The predicted molar refractivity (Wildman–Crippen MR) is 111 cm³/mol. The number of halogens is 1. The van der Waals surface area contributed by atoms with Gasteiger partial charge in [0.2, 0.25) is 0 Å². The van der Waals surface area contributed by atoms with Crippen molar-refractivity contribution in [3.8, 4) is 11.3 Å². The first-order valence-corrected chi connectivity index (χ1v) is 11.8. The highest BCUT2D eigenvalue weighted by Crippen LogP contribution is 2.22.